The number of hydrogen-bond acceptors (Lipinski definition) is 5. The molecular formula is C23H26Cl3N5O4S. The lowest BCUT2D eigenvalue weighted by atomic mass is 9.92. The fraction of sp³-hybridized carbons (Fsp3) is 0.391. The zero-order chi connectivity index (χ0) is 26.0. The molecule has 1 saturated carbocycles. The average molecular weight is 575 g/mol. The number of hydrogen-bond donors (Lipinski definition) is 3. The van der Waals surface area contributed by atoms with Crippen LogP contribution in [0.25, 0.3) is 0 Å². The molecule has 1 aliphatic carbocycles. The fourth-order valence-corrected chi connectivity index (χ4v) is 6.54. The van der Waals surface area contributed by atoms with Crippen LogP contribution in [-0.2, 0) is 14.8 Å². The van der Waals surface area contributed by atoms with Gasteiger partial charge in [0.2, 0.25) is 10.0 Å². The summed E-state index contributed by atoms with van der Waals surface area (Å²) in [7, 11) is -4.20. The molecule has 2 aliphatic rings. The minimum absolute atomic E-state index is 0.000574. The van der Waals surface area contributed by atoms with Gasteiger partial charge in [-0.2, -0.15) is 4.31 Å². The summed E-state index contributed by atoms with van der Waals surface area (Å²) < 4.78 is 28.1. The standard InChI is InChI=1S/C23H26Cl3N5O4S/c24-14-2-1-3-17(12-14)29-23(33)30-10-11-31(36(34,35)18-8-9-19(25)20(26)13-18)22(30)21(32)28-16-6-4-15(27)5-7-16/h1-3,8-9,12-13,15-16,22H,4-7,10-11,27H2,(H,28,32)(H,29,33). The molecule has 2 aromatic carbocycles. The van der Waals surface area contributed by atoms with Crippen molar-refractivity contribution < 1.29 is 18.0 Å². The Morgan fingerprint density at radius 3 is 2.33 bits per heavy atom. The van der Waals surface area contributed by atoms with E-state index in [4.69, 9.17) is 40.5 Å². The Bertz CT molecular complexity index is 1250. The molecule has 0 radical (unpaired) electrons. The molecule has 4 rings (SSSR count). The summed E-state index contributed by atoms with van der Waals surface area (Å²) >= 11 is 18.0. The van der Waals surface area contributed by atoms with Gasteiger partial charge in [0.1, 0.15) is 0 Å². The third-order valence-electron chi connectivity index (χ3n) is 6.32. The number of carbonyl (C=O) groups is 2. The summed E-state index contributed by atoms with van der Waals surface area (Å²) in [6.45, 7) is -0.0836. The summed E-state index contributed by atoms with van der Waals surface area (Å²) in [5.74, 6) is -0.585. The molecule has 2 fully saturated rings. The van der Waals surface area contributed by atoms with E-state index >= 15 is 0 Å². The summed E-state index contributed by atoms with van der Waals surface area (Å²) in [5, 5.41) is 6.30. The highest BCUT2D eigenvalue weighted by Gasteiger charge is 2.47. The van der Waals surface area contributed by atoms with Crippen LogP contribution in [0.2, 0.25) is 15.1 Å². The predicted molar refractivity (Wildman–Crippen MR) is 140 cm³/mol. The van der Waals surface area contributed by atoms with E-state index in [1.807, 2.05) is 0 Å². The molecule has 0 aromatic heterocycles. The monoisotopic (exact) mass is 573 g/mol. The molecule has 3 amide bonds. The quantitative estimate of drug-likeness (QED) is 0.500. The van der Waals surface area contributed by atoms with Crippen LogP contribution >= 0.6 is 34.8 Å². The molecule has 194 valence electrons. The number of sulfonamides is 1. The number of amides is 3. The lowest BCUT2D eigenvalue weighted by Gasteiger charge is -2.32. The first-order valence-electron chi connectivity index (χ1n) is 11.4. The number of halogens is 3. The zero-order valence-electron chi connectivity index (χ0n) is 19.2. The van der Waals surface area contributed by atoms with Gasteiger partial charge in [0.15, 0.2) is 6.17 Å². The molecular weight excluding hydrogens is 549 g/mol. The van der Waals surface area contributed by atoms with Gasteiger partial charge in [0, 0.05) is 35.9 Å². The molecule has 1 heterocycles. The van der Waals surface area contributed by atoms with Crippen molar-refractivity contribution in [2.45, 2.75) is 48.8 Å². The second kappa shape index (κ2) is 11.1. The number of nitrogens with one attached hydrogen (secondary N) is 2. The van der Waals surface area contributed by atoms with E-state index in [0.717, 1.165) is 17.1 Å². The maximum Gasteiger partial charge on any atom is 0.323 e. The van der Waals surface area contributed by atoms with Crippen LogP contribution in [0.4, 0.5) is 10.5 Å². The first-order valence-corrected chi connectivity index (χ1v) is 14.0. The first kappa shape index (κ1) is 27.0. The maximum atomic E-state index is 13.6. The minimum Gasteiger partial charge on any atom is -0.350 e. The Hall–Kier alpha value is -2.08. The highest BCUT2D eigenvalue weighted by molar-refractivity contribution is 7.89. The minimum atomic E-state index is -4.20. The predicted octanol–water partition coefficient (Wildman–Crippen LogP) is 3.90. The van der Waals surface area contributed by atoms with Gasteiger partial charge in [-0.15, -0.1) is 0 Å². The van der Waals surface area contributed by atoms with Crippen LogP contribution < -0.4 is 16.4 Å². The number of nitrogens with zero attached hydrogens (tertiary/aromatic N) is 2. The van der Waals surface area contributed by atoms with Crippen molar-refractivity contribution in [2.24, 2.45) is 5.73 Å². The van der Waals surface area contributed by atoms with E-state index in [1.165, 1.54) is 23.1 Å². The van der Waals surface area contributed by atoms with Crippen LogP contribution in [0.3, 0.4) is 0 Å². The number of rotatable bonds is 5. The Labute approximate surface area is 224 Å². The Balaban J connectivity index is 1.62. The molecule has 0 bridgehead atoms. The third-order valence-corrected chi connectivity index (χ3v) is 9.14. The zero-order valence-corrected chi connectivity index (χ0v) is 22.2. The van der Waals surface area contributed by atoms with E-state index in [2.05, 4.69) is 10.6 Å². The Kier molecular flexibility index (Phi) is 8.33. The summed E-state index contributed by atoms with van der Waals surface area (Å²) in [5.41, 5.74) is 6.39. The molecule has 13 heteroatoms. The van der Waals surface area contributed by atoms with Gasteiger partial charge in [0.05, 0.1) is 14.9 Å². The molecule has 1 saturated heterocycles. The van der Waals surface area contributed by atoms with Crippen LogP contribution in [0.15, 0.2) is 47.4 Å². The largest absolute Gasteiger partial charge is 0.350 e. The summed E-state index contributed by atoms with van der Waals surface area (Å²) in [6, 6.07) is 9.73. The van der Waals surface area contributed by atoms with Crippen molar-refractivity contribution in [3.8, 4) is 0 Å². The molecule has 1 atom stereocenters. The molecule has 2 aromatic rings. The van der Waals surface area contributed by atoms with Crippen molar-refractivity contribution >= 4 is 62.5 Å². The van der Waals surface area contributed by atoms with Crippen molar-refractivity contribution in [3.05, 3.63) is 57.5 Å². The first-order chi connectivity index (χ1) is 17.1. The Morgan fingerprint density at radius 2 is 1.67 bits per heavy atom. The van der Waals surface area contributed by atoms with Gasteiger partial charge in [-0.05, 0) is 62.1 Å². The van der Waals surface area contributed by atoms with E-state index in [0.29, 0.717) is 23.6 Å². The summed E-state index contributed by atoms with van der Waals surface area (Å²) in [6.07, 6.45) is 1.45. The molecule has 1 aliphatic heterocycles. The second-order valence-electron chi connectivity index (χ2n) is 8.82. The van der Waals surface area contributed by atoms with Crippen molar-refractivity contribution in [1.82, 2.24) is 14.5 Å². The number of nitrogens with two attached hydrogens (primary N) is 1. The SMILES string of the molecule is NC1CCC(NC(=O)C2N(C(=O)Nc3cccc(Cl)c3)CCN2S(=O)(=O)c2ccc(Cl)c(Cl)c2)CC1. The Morgan fingerprint density at radius 1 is 0.944 bits per heavy atom. The van der Waals surface area contributed by atoms with Gasteiger partial charge in [-0.3, -0.25) is 9.69 Å². The number of anilines is 1. The van der Waals surface area contributed by atoms with Gasteiger partial charge in [-0.1, -0.05) is 40.9 Å². The van der Waals surface area contributed by atoms with Gasteiger partial charge < -0.3 is 16.4 Å². The van der Waals surface area contributed by atoms with E-state index < -0.39 is 28.1 Å². The van der Waals surface area contributed by atoms with Gasteiger partial charge >= 0.3 is 6.03 Å². The lowest BCUT2D eigenvalue weighted by molar-refractivity contribution is -0.128. The van der Waals surface area contributed by atoms with E-state index in [-0.39, 0.29) is 40.1 Å². The lowest BCUT2D eigenvalue weighted by Crippen LogP contribution is -2.56. The smallest absolute Gasteiger partial charge is 0.323 e. The second-order valence-corrected chi connectivity index (χ2v) is 12.0. The molecule has 0 spiro atoms. The van der Waals surface area contributed by atoms with Crippen LogP contribution in [0.5, 0.6) is 0 Å². The van der Waals surface area contributed by atoms with Crippen LogP contribution in [-0.4, -0.2) is 60.9 Å². The van der Waals surface area contributed by atoms with Crippen LogP contribution in [0, 0.1) is 0 Å². The topological polar surface area (TPSA) is 125 Å². The number of benzene rings is 2. The van der Waals surface area contributed by atoms with Gasteiger partial charge in [-0.25, -0.2) is 13.2 Å². The van der Waals surface area contributed by atoms with E-state index in [9.17, 15) is 18.0 Å². The highest BCUT2D eigenvalue weighted by atomic mass is 35.5. The molecule has 4 N–H and O–H groups in total. The van der Waals surface area contributed by atoms with E-state index in [1.54, 1.807) is 24.3 Å². The number of urea groups is 1. The molecule has 9 nitrogen and oxygen atoms in total. The average Bonchev–Trinajstić information content (AvgIpc) is 3.29. The highest BCUT2D eigenvalue weighted by Crippen LogP contribution is 2.30. The molecule has 36 heavy (non-hydrogen) atoms. The maximum absolute atomic E-state index is 13.6. The van der Waals surface area contributed by atoms with Crippen molar-refractivity contribution in [3.63, 3.8) is 0 Å². The fourth-order valence-electron chi connectivity index (χ4n) is 4.42. The third kappa shape index (κ3) is 5.90. The van der Waals surface area contributed by atoms with Crippen LogP contribution in [0.1, 0.15) is 25.7 Å². The summed E-state index contributed by atoms with van der Waals surface area (Å²) in [4.78, 5) is 27.8. The normalized spacial score (nSPS) is 22.9. The number of carbonyl (C=O) groups excluding carboxylic acids is 2. The van der Waals surface area contributed by atoms with Gasteiger partial charge in [0.25, 0.3) is 5.91 Å². The van der Waals surface area contributed by atoms with Crippen molar-refractivity contribution in [2.75, 3.05) is 18.4 Å². The molecule has 1 unspecified atom stereocenters. The van der Waals surface area contributed by atoms with Crippen molar-refractivity contribution in [1.29, 1.82) is 0 Å².